The van der Waals surface area contributed by atoms with Crippen LogP contribution in [0.2, 0.25) is 0 Å². The molecular weight excluding hydrogens is 753 g/mol. The first-order valence-electron chi connectivity index (χ1n) is 21.6. The van der Waals surface area contributed by atoms with Crippen LogP contribution in [0.3, 0.4) is 0 Å². The maximum atomic E-state index is 6.55. The highest BCUT2D eigenvalue weighted by Gasteiger charge is 2.38. The molecule has 0 radical (unpaired) electrons. The van der Waals surface area contributed by atoms with E-state index in [-0.39, 0.29) is 5.41 Å². The normalized spacial score (nSPS) is 13.3. The largest absolute Gasteiger partial charge is 0.456 e. The maximum Gasteiger partial charge on any atom is 0.137 e. The van der Waals surface area contributed by atoms with E-state index in [2.05, 4.69) is 226 Å². The summed E-state index contributed by atoms with van der Waals surface area (Å²) >= 11 is 0. The molecule has 12 rings (SSSR count). The van der Waals surface area contributed by atoms with Gasteiger partial charge < -0.3 is 14.2 Å². The highest BCUT2D eigenvalue weighted by Crippen LogP contribution is 2.56. The van der Waals surface area contributed by atoms with Crippen molar-refractivity contribution in [1.82, 2.24) is 0 Å². The van der Waals surface area contributed by atoms with Gasteiger partial charge in [-0.25, -0.2) is 0 Å². The molecule has 0 saturated carbocycles. The van der Waals surface area contributed by atoms with Crippen LogP contribution in [-0.4, -0.2) is 0 Å². The van der Waals surface area contributed by atoms with Crippen LogP contribution in [0.4, 0.5) is 34.1 Å². The number of hydrogen-bond donors (Lipinski definition) is 0. The zero-order valence-corrected chi connectivity index (χ0v) is 35.3. The van der Waals surface area contributed by atoms with Crippen molar-refractivity contribution in [2.75, 3.05) is 9.80 Å². The van der Waals surface area contributed by atoms with Gasteiger partial charge in [-0.05, 0) is 136 Å². The number of rotatable bonds is 4. The van der Waals surface area contributed by atoms with Crippen molar-refractivity contribution in [3.05, 3.63) is 216 Å². The van der Waals surface area contributed by atoms with Crippen molar-refractivity contribution in [2.45, 2.75) is 33.1 Å². The molecule has 0 saturated heterocycles. The van der Waals surface area contributed by atoms with Gasteiger partial charge in [-0.1, -0.05) is 146 Å². The molecule has 3 heteroatoms. The Hall–Kier alpha value is -7.62. The van der Waals surface area contributed by atoms with Gasteiger partial charge in [0.15, 0.2) is 0 Å². The number of furan rings is 1. The molecule has 0 spiro atoms. The SMILES string of the molecule is Cc1ccc(N(c2ccc(C)cc2)c2ccc3c(c2)-c2ccccc2-c2ccc(N4c5ccccc5C(C)(C)c5cc6c(cc54)oc4ccccc46)cc2-c2ccccc2-3)cc1. The summed E-state index contributed by atoms with van der Waals surface area (Å²) < 4.78 is 6.55. The number of fused-ring (bicyclic) bond motifs is 13. The van der Waals surface area contributed by atoms with Gasteiger partial charge in [0.25, 0.3) is 0 Å². The molecule has 1 aromatic heterocycles. The number of hydrogen-bond acceptors (Lipinski definition) is 3. The topological polar surface area (TPSA) is 19.6 Å². The minimum Gasteiger partial charge on any atom is -0.456 e. The lowest BCUT2D eigenvalue weighted by atomic mass is 9.73. The quantitative estimate of drug-likeness (QED) is 0.177. The first-order valence-corrected chi connectivity index (χ1v) is 21.6. The van der Waals surface area contributed by atoms with Gasteiger partial charge in [-0.2, -0.15) is 0 Å². The molecule has 296 valence electrons. The Morgan fingerprint density at radius 2 is 0.903 bits per heavy atom. The van der Waals surface area contributed by atoms with Crippen molar-refractivity contribution in [3.63, 3.8) is 0 Å². The molecule has 2 heterocycles. The van der Waals surface area contributed by atoms with Crippen LogP contribution in [0.25, 0.3) is 66.4 Å². The van der Waals surface area contributed by atoms with Gasteiger partial charge in [-0.15, -0.1) is 0 Å². The van der Waals surface area contributed by atoms with Gasteiger partial charge in [0, 0.05) is 45.0 Å². The van der Waals surface area contributed by atoms with Crippen LogP contribution in [0.5, 0.6) is 0 Å². The van der Waals surface area contributed by atoms with Crippen molar-refractivity contribution in [3.8, 4) is 44.5 Å². The third-order valence-electron chi connectivity index (χ3n) is 13.3. The predicted molar refractivity (Wildman–Crippen MR) is 260 cm³/mol. The van der Waals surface area contributed by atoms with Gasteiger partial charge in [0.05, 0.1) is 11.4 Å². The zero-order chi connectivity index (χ0) is 41.7. The minimum absolute atomic E-state index is 0.235. The number of aryl methyl sites for hydroxylation is 2. The average Bonchev–Trinajstić information content (AvgIpc) is 3.67. The summed E-state index contributed by atoms with van der Waals surface area (Å²) in [5.74, 6) is 0. The summed E-state index contributed by atoms with van der Waals surface area (Å²) in [7, 11) is 0. The van der Waals surface area contributed by atoms with E-state index < -0.39 is 0 Å². The summed E-state index contributed by atoms with van der Waals surface area (Å²) in [4.78, 5) is 4.84. The molecule has 3 nitrogen and oxygen atoms in total. The fourth-order valence-electron chi connectivity index (χ4n) is 10.2. The first-order chi connectivity index (χ1) is 30.3. The van der Waals surface area contributed by atoms with Gasteiger partial charge in [0.2, 0.25) is 0 Å². The second-order valence-corrected chi connectivity index (χ2v) is 17.5. The van der Waals surface area contributed by atoms with E-state index >= 15 is 0 Å². The van der Waals surface area contributed by atoms with Gasteiger partial charge in [-0.3, -0.25) is 0 Å². The van der Waals surface area contributed by atoms with Crippen molar-refractivity contribution < 1.29 is 4.42 Å². The summed E-state index contributed by atoms with van der Waals surface area (Å²) in [5, 5.41) is 2.30. The second-order valence-electron chi connectivity index (χ2n) is 17.5. The lowest BCUT2D eigenvalue weighted by Crippen LogP contribution is -2.30. The fourth-order valence-corrected chi connectivity index (χ4v) is 10.2. The van der Waals surface area contributed by atoms with Crippen molar-refractivity contribution in [1.29, 1.82) is 0 Å². The summed E-state index contributed by atoms with van der Waals surface area (Å²) in [5.41, 5.74) is 23.1. The second kappa shape index (κ2) is 13.7. The number of nitrogens with zero attached hydrogens (tertiary/aromatic N) is 2. The number of para-hydroxylation sites is 2. The summed E-state index contributed by atoms with van der Waals surface area (Å²) in [6.45, 7) is 9.00. The molecule has 0 amide bonds. The maximum absolute atomic E-state index is 6.55. The molecule has 0 unspecified atom stereocenters. The zero-order valence-electron chi connectivity index (χ0n) is 35.3. The molecule has 1 aliphatic carbocycles. The van der Waals surface area contributed by atoms with Gasteiger partial charge in [0.1, 0.15) is 11.2 Å². The van der Waals surface area contributed by atoms with E-state index in [0.29, 0.717) is 0 Å². The van der Waals surface area contributed by atoms with Crippen molar-refractivity contribution in [2.24, 2.45) is 0 Å². The van der Waals surface area contributed by atoms with E-state index in [1.54, 1.807) is 0 Å². The third kappa shape index (κ3) is 5.51. The Morgan fingerprint density at radius 1 is 0.387 bits per heavy atom. The van der Waals surface area contributed by atoms with Crippen molar-refractivity contribution >= 4 is 56.1 Å². The molecule has 0 atom stereocenters. The van der Waals surface area contributed by atoms with Gasteiger partial charge >= 0.3 is 0 Å². The van der Waals surface area contributed by atoms with Crippen LogP contribution < -0.4 is 9.80 Å². The highest BCUT2D eigenvalue weighted by molar-refractivity contribution is 6.09. The lowest BCUT2D eigenvalue weighted by molar-refractivity contribution is 0.630. The molecule has 10 aromatic rings. The number of benzene rings is 9. The molecule has 62 heavy (non-hydrogen) atoms. The minimum atomic E-state index is -0.235. The lowest BCUT2D eigenvalue weighted by Gasteiger charge is -2.42. The van der Waals surface area contributed by atoms with Crippen LogP contribution in [0.15, 0.2) is 199 Å². The molecule has 0 fully saturated rings. The Balaban J connectivity index is 1.07. The Labute approximate surface area is 362 Å². The standard InChI is InChI=1S/C59H44N2O/c1-37-21-25-39(26-22-37)60(40-27-23-38(2)24-28-40)41-29-31-47-44-14-6-8-16-46(44)51-34-42(30-32-48(51)43-13-5-7-15-45(43)50(47)33-41)61-55-19-11-10-18-53(55)59(3,4)54-35-52-49-17-9-12-20-57(49)62-58(52)36-56(54)61/h5-36H,1-4H3. The van der Waals surface area contributed by atoms with Crippen LogP contribution in [-0.2, 0) is 5.41 Å². The van der Waals surface area contributed by atoms with E-state index in [1.165, 1.54) is 72.4 Å². The summed E-state index contributed by atoms with van der Waals surface area (Å²) in [6.07, 6.45) is 0. The molecule has 9 aromatic carbocycles. The Morgan fingerprint density at radius 3 is 1.56 bits per heavy atom. The van der Waals surface area contributed by atoms with E-state index in [0.717, 1.165) is 50.4 Å². The highest BCUT2D eigenvalue weighted by atomic mass is 16.3. The summed E-state index contributed by atoms with van der Waals surface area (Å²) in [6, 6.07) is 71.6. The van der Waals surface area contributed by atoms with E-state index in [4.69, 9.17) is 4.42 Å². The third-order valence-corrected chi connectivity index (χ3v) is 13.3. The fraction of sp³-hybridized carbons (Fsp3) is 0.0847. The smallest absolute Gasteiger partial charge is 0.137 e. The van der Waals surface area contributed by atoms with E-state index in [9.17, 15) is 0 Å². The molecular formula is C59H44N2O. The Bertz CT molecular complexity index is 3360. The number of anilines is 6. The first kappa shape index (κ1) is 36.2. The van der Waals surface area contributed by atoms with E-state index in [1.807, 2.05) is 6.07 Å². The predicted octanol–water partition coefficient (Wildman–Crippen LogP) is 16.8. The molecule has 1 aliphatic heterocycles. The Kier molecular flexibility index (Phi) is 8.01. The van der Waals surface area contributed by atoms with Crippen LogP contribution >= 0.6 is 0 Å². The molecule has 0 N–H and O–H groups in total. The molecule has 0 bridgehead atoms. The molecule has 2 aliphatic rings. The van der Waals surface area contributed by atoms with Crippen LogP contribution in [0.1, 0.15) is 36.1 Å². The monoisotopic (exact) mass is 796 g/mol. The average molecular weight is 797 g/mol. The van der Waals surface area contributed by atoms with Crippen LogP contribution in [0, 0.1) is 13.8 Å².